The largest absolute Gasteiger partial charge is 0.0533 e. The second kappa shape index (κ2) is 4.30. The van der Waals surface area contributed by atoms with Gasteiger partial charge in [0.2, 0.25) is 0 Å². The number of hydrogen-bond donors (Lipinski definition) is 0. The van der Waals surface area contributed by atoms with E-state index in [2.05, 4.69) is 6.42 Å². The van der Waals surface area contributed by atoms with Gasteiger partial charge >= 0.3 is 0 Å². The van der Waals surface area contributed by atoms with Crippen molar-refractivity contribution in [2.45, 2.75) is 57.8 Å². The molecule has 0 aliphatic heterocycles. The van der Waals surface area contributed by atoms with E-state index >= 15 is 0 Å². The second-order valence-electron chi connectivity index (χ2n) is 4.71. The Kier molecular flexibility index (Phi) is 3.08. The minimum Gasteiger partial charge on any atom is -0.0533 e. The van der Waals surface area contributed by atoms with Crippen molar-refractivity contribution >= 4 is 0 Å². The molecule has 2 fully saturated rings. The van der Waals surface area contributed by atoms with E-state index in [9.17, 15) is 0 Å². The molecule has 0 heteroatoms. The van der Waals surface area contributed by atoms with Crippen LogP contribution in [0.1, 0.15) is 57.8 Å². The lowest BCUT2D eigenvalue weighted by atomic mass is 9.85. The average molecular weight is 165 g/mol. The zero-order valence-electron chi connectivity index (χ0n) is 8.10. The molecule has 0 N–H and O–H groups in total. The highest BCUT2D eigenvalue weighted by atomic mass is 14.3. The van der Waals surface area contributed by atoms with Crippen LogP contribution in [0.25, 0.3) is 0 Å². The van der Waals surface area contributed by atoms with Gasteiger partial charge in [0.15, 0.2) is 0 Å². The highest BCUT2D eigenvalue weighted by molar-refractivity contribution is 4.82. The average Bonchev–Trinajstić information content (AvgIpc) is 2.90. The molecule has 0 saturated heterocycles. The molecule has 0 aromatic heterocycles. The molecule has 0 bridgehead atoms. The maximum atomic E-state index is 2.58. The first-order valence-corrected chi connectivity index (χ1v) is 5.77. The van der Waals surface area contributed by atoms with E-state index in [4.69, 9.17) is 0 Å². The summed E-state index contributed by atoms with van der Waals surface area (Å²) >= 11 is 0. The topological polar surface area (TPSA) is 0 Å². The molecule has 0 amide bonds. The van der Waals surface area contributed by atoms with Gasteiger partial charge in [0.1, 0.15) is 0 Å². The molecular weight excluding hydrogens is 144 g/mol. The van der Waals surface area contributed by atoms with Crippen molar-refractivity contribution in [1.29, 1.82) is 0 Å². The molecule has 0 spiro atoms. The molecule has 2 saturated carbocycles. The summed E-state index contributed by atoms with van der Waals surface area (Å²) in [4.78, 5) is 0. The Balaban J connectivity index is 1.52. The molecule has 2 rings (SSSR count). The van der Waals surface area contributed by atoms with Crippen molar-refractivity contribution < 1.29 is 0 Å². The zero-order chi connectivity index (χ0) is 8.23. The van der Waals surface area contributed by atoms with Crippen molar-refractivity contribution in [3.8, 4) is 0 Å². The van der Waals surface area contributed by atoms with Crippen molar-refractivity contribution in [1.82, 2.24) is 0 Å². The molecule has 0 aromatic carbocycles. The van der Waals surface area contributed by atoms with Gasteiger partial charge in [-0.25, -0.2) is 0 Å². The van der Waals surface area contributed by atoms with Crippen molar-refractivity contribution in [3.63, 3.8) is 0 Å². The summed E-state index contributed by atoms with van der Waals surface area (Å²) in [7, 11) is 0. The van der Waals surface area contributed by atoms with Gasteiger partial charge in [-0.05, 0) is 31.1 Å². The van der Waals surface area contributed by atoms with Crippen molar-refractivity contribution in [3.05, 3.63) is 6.42 Å². The van der Waals surface area contributed by atoms with E-state index in [-0.39, 0.29) is 0 Å². The van der Waals surface area contributed by atoms with Crippen molar-refractivity contribution in [2.24, 2.45) is 11.8 Å². The molecule has 1 radical (unpaired) electrons. The first-order chi connectivity index (χ1) is 5.95. The summed E-state index contributed by atoms with van der Waals surface area (Å²) in [5.41, 5.74) is 0. The lowest BCUT2D eigenvalue weighted by molar-refractivity contribution is 0.351. The minimum absolute atomic E-state index is 1.07. The Bertz CT molecular complexity index is 118. The van der Waals surface area contributed by atoms with Crippen LogP contribution in [0.2, 0.25) is 0 Å². The fourth-order valence-corrected chi connectivity index (χ4v) is 2.34. The maximum Gasteiger partial charge on any atom is -0.0380 e. The lowest BCUT2D eigenvalue weighted by Crippen LogP contribution is -2.06. The Morgan fingerprint density at radius 2 is 1.33 bits per heavy atom. The van der Waals surface area contributed by atoms with Crippen molar-refractivity contribution in [2.75, 3.05) is 0 Å². The van der Waals surface area contributed by atoms with Crippen LogP contribution in [-0.4, -0.2) is 0 Å². The smallest absolute Gasteiger partial charge is 0.0380 e. The van der Waals surface area contributed by atoms with Gasteiger partial charge in [-0.2, -0.15) is 0 Å². The predicted molar refractivity (Wildman–Crippen MR) is 52.8 cm³/mol. The molecule has 0 unspecified atom stereocenters. The fraction of sp³-hybridized carbons (Fsp3) is 0.917. The number of rotatable bonds is 4. The van der Waals surface area contributed by atoms with Gasteiger partial charge in [-0.15, -0.1) is 0 Å². The van der Waals surface area contributed by atoms with Crippen LogP contribution < -0.4 is 0 Å². The molecule has 69 valence electrons. The predicted octanol–water partition coefficient (Wildman–Crippen LogP) is 3.96. The number of hydrogen-bond acceptors (Lipinski definition) is 0. The maximum absolute atomic E-state index is 2.58. The molecule has 12 heavy (non-hydrogen) atoms. The monoisotopic (exact) mass is 165 g/mol. The van der Waals surface area contributed by atoms with Crippen LogP contribution in [-0.2, 0) is 0 Å². The second-order valence-corrected chi connectivity index (χ2v) is 4.71. The van der Waals surface area contributed by atoms with E-state index < -0.39 is 0 Å². The first-order valence-electron chi connectivity index (χ1n) is 5.77. The van der Waals surface area contributed by atoms with Gasteiger partial charge in [0, 0.05) is 0 Å². The van der Waals surface area contributed by atoms with E-state index in [0.717, 1.165) is 11.8 Å². The quantitative estimate of drug-likeness (QED) is 0.591. The molecule has 0 aromatic rings. The highest BCUT2D eigenvalue weighted by Crippen LogP contribution is 2.35. The van der Waals surface area contributed by atoms with Gasteiger partial charge in [-0.1, -0.05) is 44.9 Å². The Morgan fingerprint density at radius 3 is 1.92 bits per heavy atom. The summed E-state index contributed by atoms with van der Waals surface area (Å²) in [5, 5.41) is 0. The fourth-order valence-electron chi connectivity index (χ4n) is 2.34. The summed E-state index contributed by atoms with van der Waals surface area (Å²) in [5.74, 6) is 2.17. The normalized spacial score (nSPS) is 26.0. The summed E-state index contributed by atoms with van der Waals surface area (Å²) in [6, 6.07) is 0. The summed E-state index contributed by atoms with van der Waals surface area (Å²) in [6.45, 7) is 0. The van der Waals surface area contributed by atoms with Gasteiger partial charge in [-0.3, -0.25) is 0 Å². The molecule has 2 aliphatic carbocycles. The lowest BCUT2D eigenvalue weighted by Gasteiger charge is -2.20. The molecule has 0 nitrogen and oxygen atoms in total. The summed E-state index contributed by atoms with van der Waals surface area (Å²) in [6.07, 6.45) is 16.0. The van der Waals surface area contributed by atoms with Gasteiger partial charge in [0.05, 0.1) is 0 Å². The Hall–Kier alpha value is 0. The molecule has 0 atom stereocenters. The third-order valence-corrected chi connectivity index (χ3v) is 3.42. The highest BCUT2D eigenvalue weighted by Gasteiger charge is 2.21. The van der Waals surface area contributed by atoms with Crippen LogP contribution in [0, 0.1) is 18.3 Å². The molecular formula is C12H21. The Labute approximate surface area is 76.7 Å². The van der Waals surface area contributed by atoms with Crippen LogP contribution in [0.5, 0.6) is 0 Å². The summed E-state index contributed by atoms with van der Waals surface area (Å²) < 4.78 is 0. The van der Waals surface area contributed by atoms with Crippen LogP contribution in [0.4, 0.5) is 0 Å². The van der Waals surface area contributed by atoms with E-state index in [1.54, 1.807) is 0 Å². The molecule has 0 heterocycles. The third kappa shape index (κ3) is 2.80. The third-order valence-electron chi connectivity index (χ3n) is 3.42. The standard InChI is InChI=1S/C12H21/c1-2-5-11(6-3-1)7-4-8-12-9-10-12/h4,11-12H,1-3,5-10H2. The Morgan fingerprint density at radius 1 is 0.750 bits per heavy atom. The van der Waals surface area contributed by atoms with Gasteiger partial charge < -0.3 is 0 Å². The minimum atomic E-state index is 1.07. The van der Waals surface area contributed by atoms with Crippen LogP contribution in [0.15, 0.2) is 0 Å². The van der Waals surface area contributed by atoms with E-state index in [1.165, 1.54) is 57.8 Å². The zero-order valence-corrected chi connectivity index (χ0v) is 8.10. The van der Waals surface area contributed by atoms with E-state index in [0.29, 0.717) is 0 Å². The SMILES string of the molecule is [CH](CC1CCCCC1)CC1CC1. The van der Waals surface area contributed by atoms with Crippen LogP contribution in [0.3, 0.4) is 0 Å². The van der Waals surface area contributed by atoms with Crippen LogP contribution >= 0.6 is 0 Å². The van der Waals surface area contributed by atoms with Gasteiger partial charge in [0.25, 0.3) is 0 Å². The first kappa shape index (κ1) is 8.59. The van der Waals surface area contributed by atoms with E-state index in [1.807, 2.05) is 0 Å². The molecule has 2 aliphatic rings.